The normalized spacial score (nSPS) is 18.6. The second-order valence-corrected chi connectivity index (χ2v) is 7.98. The summed E-state index contributed by atoms with van der Waals surface area (Å²) in [5, 5.41) is 7.45. The summed E-state index contributed by atoms with van der Waals surface area (Å²) in [5.74, 6) is 1.72. The maximum absolute atomic E-state index is 12.8. The molecule has 3 aromatic heterocycles. The molecule has 1 amide bonds. The number of carbonyl (C=O) groups excluding carboxylic acids is 1. The van der Waals surface area contributed by atoms with Gasteiger partial charge in [0.25, 0.3) is 11.9 Å². The van der Waals surface area contributed by atoms with Crippen molar-refractivity contribution < 1.29 is 13.9 Å². The first-order valence-corrected chi connectivity index (χ1v) is 9.72. The van der Waals surface area contributed by atoms with Gasteiger partial charge in [0, 0.05) is 18.8 Å². The Bertz CT molecular complexity index is 1040. The highest BCUT2D eigenvalue weighted by atomic mass is 16.5. The van der Waals surface area contributed by atoms with E-state index in [1.54, 1.807) is 23.1 Å². The molecular weight excluding hydrogens is 370 g/mol. The smallest absolute Gasteiger partial charge is 0.254 e. The van der Waals surface area contributed by atoms with Gasteiger partial charge in [-0.25, -0.2) is 14.6 Å². The Balaban J connectivity index is 1.55. The molecule has 4 rings (SSSR count). The number of hydrogen-bond acceptors (Lipinski definition) is 6. The highest BCUT2D eigenvalue weighted by Crippen LogP contribution is 2.25. The molecule has 0 aliphatic carbocycles. The van der Waals surface area contributed by atoms with Crippen molar-refractivity contribution in [3.05, 3.63) is 47.6 Å². The van der Waals surface area contributed by atoms with Gasteiger partial charge in [-0.05, 0) is 58.7 Å². The SMILES string of the molecule is Cc1ccc(-c2ccnc(-n3ncc(C(=O)N[C@@H]4CCOC(C)(C)C4)c3C)n2)o1. The molecule has 1 aliphatic heterocycles. The van der Waals surface area contributed by atoms with Gasteiger partial charge in [-0.3, -0.25) is 4.79 Å². The molecule has 1 atom stereocenters. The summed E-state index contributed by atoms with van der Waals surface area (Å²) >= 11 is 0. The number of aryl methyl sites for hydroxylation is 1. The summed E-state index contributed by atoms with van der Waals surface area (Å²) in [6.45, 7) is 8.44. The van der Waals surface area contributed by atoms with Crippen LogP contribution in [-0.2, 0) is 4.74 Å². The summed E-state index contributed by atoms with van der Waals surface area (Å²) in [7, 11) is 0. The van der Waals surface area contributed by atoms with E-state index in [1.165, 1.54) is 0 Å². The molecule has 3 aromatic rings. The van der Waals surface area contributed by atoms with Crippen LogP contribution in [0.25, 0.3) is 17.4 Å². The molecule has 0 unspecified atom stereocenters. The van der Waals surface area contributed by atoms with E-state index in [0.29, 0.717) is 35.3 Å². The average Bonchev–Trinajstić information content (AvgIpc) is 3.27. The predicted octanol–water partition coefficient (Wildman–Crippen LogP) is 3.23. The lowest BCUT2D eigenvalue weighted by molar-refractivity contribution is -0.0615. The average molecular weight is 395 g/mol. The third kappa shape index (κ3) is 4.07. The molecule has 152 valence electrons. The molecule has 0 radical (unpaired) electrons. The quantitative estimate of drug-likeness (QED) is 0.729. The van der Waals surface area contributed by atoms with E-state index in [1.807, 2.05) is 39.8 Å². The molecule has 1 aliphatic rings. The van der Waals surface area contributed by atoms with Crippen molar-refractivity contribution >= 4 is 5.91 Å². The summed E-state index contributed by atoms with van der Waals surface area (Å²) in [6.07, 6.45) is 4.79. The zero-order valence-corrected chi connectivity index (χ0v) is 17.1. The maximum Gasteiger partial charge on any atom is 0.254 e. The minimum Gasteiger partial charge on any atom is -0.460 e. The van der Waals surface area contributed by atoms with Crippen LogP contribution in [0.15, 0.2) is 35.0 Å². The van der Waals surface area contributed by atoms with Crippen molar-refractivity contribution in [3.8, 4) is 17.4 Å². The summed E-state index contributed by atoms with van der Waals surface area (Å²) in [6, 6.07) is 5.61. The fourth-order valence-electron chi connectivity index (χ4n) is 3.61. The number of hydrogen-bond donors (Lipinski definition) is 1. The van der Waals surface area contributed by atoms with Gasteiger partial charge in [-0.2, -0.15) is 5.10 Å². The van der Waals surface area contributed by atoms with Crippen LogP contribution in [0.5, 0.6) is 0 Å². The van der Waals surface area contributed by atoms with Gasteiger partial charge in [-0.1, -0.05) is 0 Å². The Kier molecular flexibility index (Phi) is 4.96. The van der Waals surface area contributed by atoms with Crippen LogP contribution in [-0.4, -0.2) is 43.9 Å². The van der Waals surface area contributed by atoms with Crippen molar-refractivity contribution in [1.82, 2.24) is 25.1 Å². The fourth-order valence-corrected chi connectivity index (χ4v) is 3.61. The number of nitrogens with zero attached hydrogens (tertiary/aromatic N) is 4. The van der Waals surface area contributed by atoms with E-state index in [4.69, 9.17) is 9.15 Å². The summed E-state index contributed by atoms with van der Waals surface area (Å²) in [5.41, 5.74) is 1.63. The summed E-state index contributed by atoms with van der Waals surface area (Å²) < 4.78 is 12.9. The minimum atomic E-state index is -0.228. The Morgan fingerprint density at radius 2 is 2.10 bits per heavy atom. The van der Waals surface area contributed by atoms with Crippen molar-refractivity contribution in [3.63, 3.8) is 0 Å². The minimum absolute atomic E-state index is 0.0794. The van der Waals surface area contributed by atoms with Crippen LogP contribution in [0, 0.1) is 13.8 Å². The largest absolute Gasteiger partial charge is 0.460 e. The number of aromatic nitrogens is 4. The van der Waals surface area contributed by atoms with Gasteiger partial charge in [0.2, 0.25) is 0 Å². The Morgan fingerprint density at radius 1 is 1.28 bits per heavy atom. The summed E-state index contributed by atoms with van der Waals surface area (Å²) in [4.78, 5) is 21.7. The lowest BCUT2D eigenvalue weighted by Crippen LogP contribution is -2.45. The fraction of sp³-hybridized carbons (Fsp3) is 0.429. The van der Waals surface area contributed by atoms with E-state index < -0.39 is 0 Å². The molecule has 1 N–H and O–H groups in total. The van der Waals surface area contributed by atoms with Gasteiger partial charge in [0.05, 0.1) is 23.1 Å². The molecule has 8 heteroatoms. The Labute approximate surface area is 169 Å². The number of furan rings is 1. The lowest BCUT2D eigenvalue weighted by atomic mass is 9.94. The standard InChI is InChI=1S/C21H25N5O3/c1-13-5-6-18(29-13)17-7-9-22-20(25-17)26-14(2)16(12-23-26)19(27)24-15-8-10-28-21(3,4)11-15/h5-7,9,12,15H,8,10-11H2,1-4H3,(H,24,27)/t15-/m1/s1. The molecule has 1 fully saturated rings. The van der Waals surface area contributed by atoms with Gasteiger partial charge in [-0.15, -0.1) is 0 Å². The molecule has 0 saturated carbocycles. The van der Waals surface area contributed by atoms with Crippen LogP contribution in [0.2, 0.25) is 0 Å². The molecule has 1 saturated heterocycles. The van der Waals surface area contributed by atoms with E-state index in [-0.39, 0.29) is 17.6 Å². The van der Waals surface area contributed by atoms with Crippen molar-refractivity contribution in [1.29, 1.82) is 0 Å². The van der Waals surface area contributed by atoms with Crippen LogP contribution < -0.4 is 5.32 Å². The Morgan fingerprint density at radius 3 is 2.83 bits per heavy atom. The number of nitrogens with one attached hydrogen (secondary N) is 1. The highest BCUT2D eigenvalue weighted by molar-refractivity contribution is 5.95. The monoisotopic (exact) mass is 395 g/mol. The lowest BCUT2D eigenvalue weighted by Gasteiger charge is -2.35. The van der Waals surface area contributed by atoms with E-state index in [2.05, 4.69) is 20.4 Å². The predicted molar refractivity (Wildman–Crippen MR) is 107 cm³/mol. The first-order chi connectivity index (χ1) is 13.8. The first kappa shape index (κ1) is 19.3. The number of carbonyl (C=O) groups is 1. The van der Waals surface area contributed by atoms with Crippen molar-refractivity contribution in [2.75, 3.05) is 6.61 Å². The van der Waals surface area contributed by atoms with Gasteiger partial charge >= 0.3 is 0 Å². The number of rotatable bonds is 4. The third-order valence-electron chi connectivity index (χ3n) is 5.11. The van der Waals surface area contributed by atoms with Crippen molar-refractivity contribution in [2.45, 2.75) is 52.2 Å². The van der Waals surface area contributed by atoms with E-state index in [9.17, 15) is 4.79 Å². The van der Waals surface area contributed by atoms with Crippen LogP contribution in [0.4, 0.5) is 0 Å². The number of amides is 1. The van der Waals surface area contributed by atoms with Crippen molar-refractivity contribution in [2.24, 2.45) is 0 Å². The number of ether oxygens (including phenoxy) is 1. The van der Waals surface area contributed by atoms with Gasteiger partial charge in [0.15, 0.2) is 5.76 Å². The molecule has 4 heterocycles. The van der Waals surface area contributed by atoms with Crippen LogP contribution >= 0.6 is 0 Å². The molecule has 8 nitrogen and oxygen atoms in total. The third-order valence-corrected chi connectivity index (χ3v) is 5.11. The molecule has 29 heavy (non-hydrogen) atoms. The molecule has 0 bridgehead atoms. The zero-order valence-electron chi connectivity index (χ0n) is 17.1. The second-order valence-electron chi connectivity index (χ2n) is 7.98. The molecule has 0 spiro atoms. The second kappa shape index (κ2) is 7.44. The zero-order chi connectivity index (χ0) is 20.6. The highest BCUT2D eigenvalue weighted by Gasteiger charge is 2.30. The van der Waals surface area contributed by atoms with Gasteiger partial charge in [0.1, 0.15) is 11.5 Å². The van der Waals surface area contributed by atoms with Gasteiger partial charge < -0.3 is 14.5 Å². The Hall–Kier alpha value is -3.00. The van der Waals surface area contributed by atoms with E-state index in [0.717, 1.165) is 18.6 Å². The van der Waals surface area contributed by atoms with E-state index >= 15 is 0 Å². The molecular formula is C21H25N5O3. The van der Waals surface area contributed by atoms with Crippen LogP contribution in [0.3, 0.4) is 0 Å². The first-order valence-electron chi connectivity index (χ1n) is 9.72. The maximum atomic E-state index is 12.8. The molecule has 0 aromatic carbocycles. The topological polar surface area (TPSA) is 95.1 Å². The van der Waals surface area contributed by atoms with Crippen LogP contribution in [0.1, 0.15) is 48.5 Å².